The Bertz CT molecular complexity index is 721. The van der Waals surface area contributed by atoms with Gasteiger partial charge in [0.15, 0.2) is 10.8 Å². The van der Waals surface area contributed by atoms with Crippen LogP contribution in [0.5, 0.6) is 0 Å². The minimum Gasteiger partial charge on any atom is -0.462 e. The van der Waals surface area contributed by atoms with Crippen LogP contribution in [0, 0.1) is 12.3 Å². The van der Waals surface area contributed by atoms with E-state index in [0.29, 0.717) is 18.1 Å². The molecule has 0 unspecified atom stereocenters. The Morgan fingerprint density at radius 2 is 2.29 bits per heavy atom. The van der Waals surface area contributed by atoms with E-state index in [-0.39, 0.29) is 23.5 Å². The SMILES string of the molecule is CCO[C@@H]1C[C@@H](N(C)C(=O)c2nc(-c3ccco3)sc2C)C1(C)C. The monoisotopic (exact) mass is 348 g/mol. The average molecular weight is 348 g/mol. The molecule has 1 saturated carbocycles. The van der Waals surface area contributed by atoms with Gasteiger partial charge in [-0.05, 0) is 32.4 Å². The van der Waals surface area contributed by atoms with Crippen molar-refractivity contribution in [1.82, 2.24) is 9.88 Å². The highest BCUT2D eigenvalue weighted by Crippen LogP contribution is 2.46. The van der Waals surface area contributed by atoms with Gasteiger partial charge in [0, 0.05) is 30.0 Å². The number of aryl methyl sites for hydroxylation is 1. The molecule has 6 heteroatoms. The fourth-order valence-electron chi connectivity index (χ4n) is 3.41. The van der Waals surface area contributed by atoms with Crippen molar-refractivity contribution in [2.45, 2.75) is 46.3 Å². The van der Waals surface area contributed by atoms with Gasteiger partial charge in [0.1, 0.15) is 5.69 Å². The Labute approximate surface area is 146 Å². The Morgan fingerprint density at radius 1 is 1.54 bits per heavy atom. The fourth-order valence-corrected chi connectivity index (χ4v) is 4.29. The lowest BCUT2D eigenvalue weighted by atomic mass is 9.63. The second-order valence-corrected chi connectivity index (χ2v) is 8.04. The molecule has 1 amide bonds. The van der Waals surface area contributed by atoms with Crippen molar-refractivity contribution in [2.75, 3.05) is 13.7 Å². The summed E-state index contributed by atoms with van der Waals surface area (Å²) in [6, 6.07) is 3.84. The molecule has 2 atom stereocenters. The molecular weight excluding hydrogens is 324 g/mol. The third kappa shape index (κ3) is 2.78. The molecule has 130 valence electrons. The topological polar surface area (TPSA) is 55.6 Å². The second-order valence-electron chi connectivity index (χ2n) is 6.83. The molecule has 0 spiro atoms. The quantitative estimate of drug-likeness (QED) is 0.820. The van der Waals surface area contributed by atoms with Gasteiger partial charge in [-0.1, -0.05) is 13.8 Å². The van der Waals surface area contributed by atoms with Crippen molar-refractivity contribution < 1.29 is 13.9 Å². The van der Waals surface area contributed by atoms with Crippen LogP contribution in [0.15, 0.2) is 22.8 Å². The number of rotatable bonds is 5. The molecule has 0 saturated heterocycles. The number of furan rings is 1. The molecular formula is C18H24N2O3S. The first kappa shape index (κ1) is 17.2. The summed E-state index contributed by atoms with van der Waals surface area (Å²) in [5.74, 6) is 0.666. The lowest BCUT2D eigenvalue weighted by Gasteiger charge is -2.54. The van der Waals surface area contributed by atoms with Crippen molar-refractivity contribution in [3.63, 3.8) is 0 Å². The molecule has 0 N–H and O–H groups in total. The highest BCUT2D eigenvalue weighted by atomic mass is 32.1. The van der Waals surface area contributed by atoms with Gasteiger partial charge < -0.3 is 14.1 Å². The van der Waals surface area contributed by atoms with Crippen LogP contribution < -0.4 is 0 Å². The van der Waals surface area contributed by atoms with E-state index in [1.807, 2.05) is 37.9 Å². The summed E-state index contributed by atoms with van der Waals surface area (Å²) in [7, 11) is 1.86. The van der Waals surface area contributed by atoms with Gasteiger partial charge in [0.2, 0.25) is 0 Å². The van der Waals surface area contributed by atoms with Gasteiger partial charge in [0.05, 0.1) is 12.4 Å². The largest absolute Gasteiger partial charge is 0.462 e. The maximum Gasteiger partial charge on any atom is 0.273 e. The predicted octanol–water partition coefficient (Wildman–Crippen LogP) is 3.99. The molecule has 5 nitrogen and oxygen atoms in total. The Kier molecular flexibility index (Phi) is 4.53. The Morgan fingerprint density at radius 3 is 2.88 bits per heavy atom. The first-order chi connectivity index (χ1) is 11.4. The standard InChI is InChI=1S/C18H24N2O3S/c1-6-22-14-10-13(18(14,3)4)20(5)17(21)15-11(2)24-16(19-15)12-8-7-9-23-12/h7-9,13-14H,6,10H2,1-5H3/t13-,14-/m1/s1. The summed E-state index contributed by atoms with van der Waals surface area (Å²) in [6.45, 7) is 8.96. The van der Waals surface area contributed by atoms with Gasteiger partial charge >= 0.3 is 0 Å². The average Bonchev–Trinajstić information content (AvgIpc) is 3.19. The molecule has 2 aromatic heterocycles. The first-order valence-electron chi connectivity index (χ1n) is 8.26. The van der Waals surface area contributed by atoms with Crippen LogP contribution in [0.4, 0.5) is 0 Å². The van der Waals surface area contributed by atoms with Crippen molar-refractivity contribution >= 4 is 17.2 Å². The summed E-state index contributed by atoms with van der Waals surface area (Å²) in [6.07, 6.45) is 2.69. The molecule has 3 rings (SSSR count). The van der Waals surface area contributed by atoms with Gasteiger partial charge in [-0.3, -0.25) is 4.79 Å². The number of thiazole rings is 1. The molecule has 0 aliphatic heterocycles. The molecule has 1 aliphatic carbocycles. The van der Waals surface area contributed by atoms with Crippen LogP contribution in [-0.4, -0.2) is 41.6 Å². The number of aromatic nitrogens is 1. The van der Waals surface area contributed by atoms with Gasteiger partial charge in [-0.15, -0.1) is 11.3 Å². The summed E-state index contributed by atoms with van der Waals surface area (Å²) < 4.78 is 11.2. The van der Waals surface area contributed by atoms with Crippen molar-refractivity contribution in [3.8, 4) is 10.8 Å². The molecule has 1 fully saturated rings. The number of amides is 1. The summed E-state index contributed by atoms with van der Waals surface area (Å²) >= 11 is 1.49. The highest BCUT2D eigenvalue weighted by Gasteiger charge is 2.52. The zero-order valence-electron chi connectivity index (χ0n) is 14.8. The van der Waals surface area contributed by atoms with E-state index in [1.165, 1.54) is 11.3 Å². The van der Waals surface area contributed by atoms with Crippen LogP contribution >= 0.6 is 11.3 Å². The number of carbonyl (C=O) groups is 1. The summed E-state index contributed by atoms with van der Waals surface area (Å²) in [5, 5.41) is 0.745. The van der Waals surface area contributed by atoms with Crippen LogP contribution in [0.1, 0.15) is 42.6 Å². The second kappa shape index (κ2) is 6.33. The zero-order chi connectivity index (χ0) is 17.5. The minimum atomic E-state index is -0.0474. The van der Waals surface area contributed by atoms with Gasteiger partial charge in [0.25, 0.3) is 5.91 Å². The maximum absolute atomic E-state index is 12.9. The Hall–Kier alpha value is -1.66. The summed E-state index contributed by atoms with van der Waals surface area (Å²) in [4.78, 5) is 20.2. The molecule has 24 heavy (non-hydrogen) atoms. The van der Waals surface area contributed by atoms with Crippen molar-refractivity contribution in [1.29, 1.82) is 0 Å². The van der Waals surface area contributed by atoms with Gasteiger partial charge in [-0.25, -0.2) is 4.98 Å². The highest BCUT2D eigenvalue weighted by molar-refractivity contribution is 7.15. The molecule has 2 heterocycles. The van der Waals surface area contributed by atoms with Crippen LogP contribution in [0.25, 0.3) is 10.8 Å². The number of ether oxygens (including phenoxy) is 1. The normalized spacial score (nSPS) is 22.2. The number of hydrogen-bond donors (Lipinski definition) is 0. The van der Waals surface area contributed by atoms with E-state index in [2.05, 4.69) is 18.8 Å². The van der Waals surface area contributed by atoms with E-state index in [9.17, 15) is 4.79 Å². The molecule has 1 aliphatic rings. The fraction of sp³-hybridized carbons (Fsp3) is 0.556. The van der Waals surface area contributed by atoms with Gasteiger partial charge in [-0.2, -0.15) is 0 Å². The molecule has 0 radical (unpaired) electrons. The van der Waals surface area contributed by atoms with E-state index in [0.717, 1.165) is 16.3 Å². The van der Waals surface area contributed by atoms with E-state index < -0.39 is 0 Å². The third-order valence-corrected chi connectivity index (χ3v) is 6.00. The number of hydrogen-bond acceptors (Lipinski definition) is 5. The maximum atomic E-state index is 12.9. The third-order valence-electron chi connectivity index (χ3n) is 5.01. The predicted molar refractivity (Wildman–Crippen MR) is 94.2 cm³/mol. The summed E-state index contributed by atoms with van der Waals surface area (Å²) in [5.41, 5.74) is 0.471. The minimum absolute atomic E-state index is 0.0328. The molecule has 0 bridgehead atoms. The van der Waals surface area contributed by atoms with Crippen molar-refractivity contribution in [3.05, 3.63) is 29.0 Å². The Balaban J connectivity index is 1.78. The zero-order valence-corrected chi connectivity index (χ0v) is 15.6. The number of nitrogens with zero attached hydrogens (tertiary/aromatic N) is 2. The van der Waals surface area contributed by atoms with Crippen LogP contribution in [-0.2, 0) is 4.74 Å². The lowest BCUT2D eigenvalue weighted by Crippen LogP contribution is -2.62. The van der Waals surface area contributed by atoms with Crippen molar-refractivity contribution in [2.24, 2.45) is 5.41 Å². The number of carbonyl (C=O) groups excluding carboxylic acids is 1. The van der Waals surface area contributed by atoms with E-state index >= 15 is 0 Å². The lowest BCUT2D eigenvalue weighted by molar-refractivity contribution is -0.136. The molecule has 2 aromatic rings. The van der Waals surface area contributed by atoms with E-state index in [4.69, 9.17) is 9.15 Å². The molecule has 0 aromatic carbocycles. The first-order valence-corrected chi connectivity index (χ1v) is 9.08. The smallest absolute Gasteiger partial charge is 0.273 e. The van der Waals surface area contributed by atoms with Crippen LogP contribution in [0.3, 0.4) is 0 Å². The van der Waals surface area contributed by atoms with Crippen LogP contribution in [0.2, 0.25) is 0 Å². The van der Waals surface area contributed by atoms with E-state index in [1.54, 1.807) is 6.26 Å².